The minimum atomic E-state index is -0.432. The van der Waals surface area contributed by atoms with Crippen molar-refractivity contribution in [3.05, 3.63) is 0 Å². The second kappa shape index (κ2) is 8.53. The van der Waals surface area contributed by atoms with Crippen LogP contribution in [0.25, 0.3) is 0 Å². The van der Waals surface area contributed by atoms with Crippen LogP contribution in [-0.2, 0) is 0 Å². The minimum Gasteiger partial charge on any atom is -0.390 e. The molecule has 124 valence electrons. The lowest BCUT2D eigenvalue weighted by Gasteiger charge is -2.33. The first-order valence-electron chi connectivity index (χ1n) is 9.57. The van der Waals surface area contributed by atoms with Gasteiger partial charge in [-0.15, -0.1) is 0 Å². The van der Waals surface area contributed by atoms with Crippen LogP contribution < -0.4 is 0 Å². The Morgan fingerprint density at radius 1 is 0.476 bits per heavy atom. The highest BCUT2D eigenvalue weighted by Crippen LogP contribution is 2.34. The lowest BCUT2D eigenvalue weighted by molar-refractivity contribution is -0.0204. The summed E-state index contributed by atoms with van der Waals surface area (Å²) >= 11 is 0. The van der Waals surface area contributed by atoms with E-state index in [0.717, 1.165) is 44.9 Å². The molecule has 0 aromatic rings. The first-order chi connectivity index (χ1) is 10.1. The molecule has 0 aliphatic heterocycles. The summed E-state index contributed by atoms with van der Waals surface area (Å²) in [6.45, 7) is 0. The summed E-state index contributed by atoms with van der Waals surface area (Å²) in [5.74, 6) is 0. The zero-order valence-electron chi connectivity index (χ0n) is 13.9. The largest absolute Gasteiger partial charge is 0.390 e. The average molecular weight is 296 g/mol. The second-order valence-electron chi connectivity index (χ2n) is 7.84. The molecule has 2 heteroatoms. The second-order valence-corrected chi connectivity index (χ2v) is 7.84. The van der Waals surface area contributed by atoms with Crippen molar-refractivity contribution in [2.24, 2.45) is 0 Å². The van der Waals surface area contributed by atoms with Crippen LogP contribution in [0.3, 0.4) is 0 Å². The quantitative estimate of drug-likeness (QED) is 0.757. The topological polar surface area (TPSA) is 40.5 Å². The molecule has 0 saturated heterocycles. The maximum atomic E-state index is 10.8. The van der Waals surface area contributed by atoms with Gasteiger partial charge in [0.25, 0.3) is 0 Å². The molecule has 2 rings (SSSR count). The first-order valence-corrected chi connectivity index (χ1v) is 9.57. The fourth-order valence-electron chi connectivity index (χ4n) is 4.37. The van der Waals surface area contributed by atoms with Gasteiger partial charge in [-0.3, -0.25) is 0 Å². The Hall–Kier alpha value is -0.0800. The van der Waals surface area contributed by atoms with Gasteiger partial charge in [-0.05, 0) is 44.9 Å². The molecule has 2 fully saturated rings. The van der Waals surface area contributed by atoms with Crippen molar-refractivity contribution in [2.75, 3.05) is 0 Å². The normalized spacial score (nSPS) is 27.1. The summed E-state index contributed by atoms with van der Waals surface area (Å²) in [5.41, 5.74) is -0.864. The van der Waals surface area contributed by atoms with Crippen molar-refractivity contribution in [1.29, 1.82) is 0 Å². The third-order valence-corrected chi connectivity index (χ3v) is 5.85. The van der Waals surface area contributed by atoms with Crippen LogP contribution in [-0.4, -0.2) is 21.4 Å². The van der Waals surface area contributed by atoms with Gasteiger partial charge in [-0.25, -0.2) is 0 Å². The number of hydrogen-bond acceptors (Lipinski definition) is 2. The van der Waals surface area contributed by atoms with Crippen LogP contribution in [0.2, 0.25) is 0 Å². The average Bonchev–Trinajstić information content (AvgIpc) is 2.40. The van der Waals surface area contributed by atoms with E-state index in [1.807, 2.05) is 0 Å². The van der Waals surface area contributed by atoms with Crippen LogP contribution in [0, 0.1) is 0 Å². The molecule has 0 amide bonds. The third kappa shape index (κ3) is 6.28. The van der Waals surface area contributed by atoms with Crippen LogP contribution in [0.5, 0.6) is 0 Å². The zero-order valence-corrected chi connectivity index (χ0v) is 13.9. The molecule has 2 aliphatic rings. The Morgan fingerprint density at radius 2 is 0.762 bits per heavy atom. The maximum absolute atomic E-state index is 10.8. The molecule has 0 heterocycles. The molecule has 2 saturated carbocycles. The molecule has 0 aromatic heterocycles. The van der Waals surface area contributed by atoms with Crippen molar-refractivity contribution in [3.8, 4) is 0 Å². The fraction of sp³-hybridized carbons (Fsp3) is 1.00. The highest BCUT2D eigenvalue weighted by atomic mass is 16.3. The maximum Gasteiger partial charge on any atom is 0.0647 e. The molecule has 2 aliphatic carbocycles. The molecular weight excluding hydrogens is 260 g/mol. The molecule has 0 spiro atoms. The predicted octanol–water partition coefficient (Wildman–Crippen LogP) is 5.11. The van der Waals surface area contributed by atoms with Gasteiger partial charge >= 0.3 is 0 Å². The van der Waals surface area contributed by atoms with Crippen molar-refractivity contribution < 1.29 is 10.2 Å². The molecule has 2 nitrogen and oxygen atoms in total. The summed E-state index contributed by atoms with van der Waals surface area (Å²) in [6.07, 6.45) is 19.2. The van der Waals surface area contributed by atoms with E-state index in [1.54, 1.807) is 0 Å². The van der Waals surface area contributed by atoms with Gasteiger partial charge in [-0.1, -0.05) is 64.2 Å². The van der Waals surface area contributed by atoms with E-state index in [9.17, 15) is 10.2 Å². The molecular formula is C19H36O2. The van der Waals surface area contributed by atoms with Gasteiger partial charge in [0.1, 0.15) is 0 Å². The molecule has 21 heavy (non-hydrogen) atoms. The van der Waals surface area contributed by atoms with Gasteiger partial charge in [-0.2, -0.15) is 0 Å². The zero-order chi connectivity index (χ0) is 15.0. The van der Waals surface area contributed by atoms with Crippen LogP contribution >= 0.6 is 0 Å². The van der Waals surface area contributed by atoms with E-state index in [4.69, 9.17) is 0 Å². The van der Waals surface area contributed by atoms with E-state index >= 15 is 0 Å². The van der Waals surface area contributed by atoms with Gasteiger partial charge in [0.15, 0.2) is 0 Å². The van der Waals surface area contributed by atoms with Crippen molar-refractivity contribution in [1.82, 2.24) is 0 Å². The molecule has 0 atom stereocenters. The van der Waals surface area contributed by atoms with Crippen LogP contribution in [0.4, 0.5) is 0 Å². The summed E-state index contributed by atoms with van der Waals surface area (Å²) in [5, 5.41) is 21.6. The Balaban J connectivity index is 1.75. The lowest BCUT2D eigenvalue weighted by atomic mass is 9.79. The van der Waals surface area contributed by atoms with Gasteiger partial charge in [0.05, 0.1) is 11.2 Å². The first kappa shape index (κ1) is 17.3. The van der Waals surface area contributed by atoms with E-state index < -0.39 is 11.2 Å². The Kier molecular flexibility index (Phi) is 7.01. The summed E-state index contributed by atoms with van der Waals surface area (Å²) in [4.78, 5) is 0. The van der Waals surface area contributed by atoms with Gasteiger partial charge in [0, 0.05) is 0 Å². The number of hydrogen-bond donors (Lipinski definition) is 2. The van der Waals surface area contributed by atoms with E-state index in [2.05, 4.69) is 0 Å². The van der Waals surface area contributed by atoms with Crippen molar-refractivity contribution >= 4 is 0 Å². The molecule has 0 aromatic carbocycles. The van der Waals surface area contributed by atoms with Crippen molar-refractivity contribution in [2.45, 2.75) is 120 Å². The monoisotopic (exact) mass is 296 g/mol. The highest BCUT2D eigenvalue weighted by Gasteiger charge is 2.30. The molecule has 0 radical (unpaired) electrons. The van der Waals surface area contributed by atoms with E-state index in [-0.39, 0.29) is 0 Å². The lowest BCUT2D eigenvalue weighted by Crippen LogP contribution is -2.33. The van der Waals surface area contributed by atoms with E-state index in [0.29, 0.717) is 0 Å². The summed E-state index contributed by atoms with van der Waals surface area (Å²) in [7, 11) is 0. The predicted molar refractivity (Wildman–Crippen MR) is 88.4 cm³/mol. The molecule has 0 bridgehead atoms. The molecule has 0 unspecified atom stereocenters. The van der Waals surface area contributed by atoms with E-state index in [1.165, 1.54) is 64.2 Å². The Bertz CT molecular complexity index is 243. The standard InChI is InChI=1S/C19H36O2/c20-18(12-7-3-1-4-8-13-18)16-11-17-19(21)14-9-5-2-6-10-15-19/h20-21H,1-17H2. The Morgan fingerprint density at radius 3 is 1.10 bits per heavy atom. The highest BCUT2D eigenvalue weighted by molar-refractivity contribution is 4.84. The van der Waals surface area contributed by atoms with Gasteiger partial charge < -0.3 is 10.2 Å². The van der Waals surface area contributed by atoms with Crippen molar-refractivity contribution in [3.63, 3.8) is 0 Å². The SMILES string of the molecule is OC1(CCCC2(O)CCCCCCC2)CCCCCCC1. The summed E-state index contributed by atoms with van der Waals surface area (Å²) in [6, 6.07) is 0. The van der Waals surface area contributed by atoms with Gasteiger partial charge in [0.2, 0.25) is 0 Å². The summed E-state index contributed by atoms with van der Waals surface area (Å²) < 4.78 is 0. The smallest absolute Gasteiger partial charge is 0.0647 e. The van der Waals surface area contributed by atoms with Crippen LogP contribution in [0.1, 0.15) is 109 Å². The minimum absolute atomic E-state index is 0.432. The Labute approximate surface area is 131 Å². The molecule has 2 N–H and O–H groups in total. The number of aliphatic hydroxyl groups is 2. The third-order valence-electron chi connectivity index (χ3n) is 5.85. The van der Waals surface area contributed by atoms with Crippen LogP contribution in [0.15, 0.2) is 0 Å². The fourth-order valence-corrected chi connectivity index (χ4v) is 4.37. The number of rotatable bonds is 4.